The van der Waals surface area contributed by atoms with E-state index in [9.17, 15) is 0 Å². The van der Waals surface area contributed by atoms with Crippen LogP contribution in [0.15, 0.2) is 17.3 Å². The highest BCUT2D eigenvalue weighted by Crippen LogP contribution is 2.61. The highest BCUT2D eigenvalue weighted by Gasteiger charge is 2.63. The van der Waals surface area contributed by atoms with Gasteiger partial charge in [0.15, 0.2) is 0 Å². The molecule has 0 aromatic heterocycles. The van der Waals surface area contributed by atoms with Crippen molar-refractivity contribution in [1.29, 1.82) is 0 Å². The van der Waals surface area contributed by atoms with E-state index in [0.717, 1.165) is 5.92 Å². The highest BCUT2D eigenvalue weighted by atomic mass is 16.6. The van der Waals surface area contributed by atoms with Gasteiger partial charge in [0.05, 0.1) is 11.1 Å². The lowest BCUT2D eigenvalue weighted by Crippen LogP contribution is -2.43. The van der Waals surface area contributed by atoms with Gasteiger partial charge >= 0.3 is 0 Å². The Morgan fingerprint density at radius 3 is 3.36 bits per heavy atom. The summed E-state index contributed by atoms with van der Waals surface area (Å²) in [7, 11) is 0. The van der Waals surface area contributed by atoms with Gasteiger partial charge in [-0.25, -0.2) is 0 Å². The summed E-state index contributed by atoms with van der Waals surface area (Å²) < 4.78 is 0. The highest BCUT2D eigenvalue weighted by molar-refractivity contribution is 5.93. The van der Waals surface area contributed by atoms with Crippen LogP contribution in [-0.2, 0) is 4.84 Å². The predicted molar refractivity (Wildman–Crippen MR) is 53.9 cm³/mol. The second kappa shape index (κ2) is 2.23. The van der Waals surface area contributed by atoms with Crippen LogP contribution < -0.4 is 0 Å². The SMILES string of the molecule is C1=CC2CC1C1ON=C3CCCCC321. The summed E-state index contributed by atoms with van der Waals surface area (Å²) in [5.74, 6) is 1.42. The normalized spacial score (nSPS) is 52.6. The van der Waals surface area contributed by atoms with Gasteiger partial charge in [0.2, 0.25) is 0 Å². The van der Waals surface area contributed by atoms with E-state index in [-0.39, 0.29) is 0 Å². The van der Waals surface area contributed by atoms with E-state index in [1.54, 1.807) is 0 Å². The third kappa shape index (κ3) is 0.626. The number of fused-ring (bicyclic) bond motifs is 3. The Morgan fingerprint density at radius 1 is 1.36 bits per heavy atom. The van der Waals surface area contributed by atoms with Crippen LogP contribution in [-0.4, -0.2) is 11.8 Å². The molecule has 0 aromatic carbocycles. The molecule has 2 nitrogen and oxygen atoms in total. The van der Waals surface area contributed by atoms with Crippen LogP contribution >= 0.6 is 0 Å². The minimum atomic E-state index is 0.359. The monoisotopic (exact) mass is 189 g/mol. The Balaban J connectivity index is 1.86. The van der Waals surface area contributed by atoms with Crippen molar-refractivity contribution in [2.24, 2.45) is 22.4 Å². The van der Waals surface area contributed by atoms with Gasteiger partial charge in [-0.15, -0.1) is 0 Å². The van der Waals surface area contributed by atoms with Gasteiger partial charge < -0.3 is 4.84 Å². The largest absolute Gasteiger partial charge is 0.391 e. The van der Waals surface area contributed by atoms with Crippen molar-refractivity contribution >= 4 is 5.71 Å². The molecule has 0 radical (unpaired) electrons. The Bertz CT molecular complexity index is 346. The van der Waals surface area contributed by atoms with Crippen LogP contribution in [0.5, 0.6) is 0 Å². The molecule has 2 saturated carbocycles. The molecule has 0 N–H and O–H groups in total. The van der Waals surface area contributed by atoms with E-state index in [0.29, 0.717) is 17.4 Å². The fourth-order valence-electron chi connectivity index (χ4n) is 4.14. The van der Waals surface area contributed by atoms with Crippen LogP contribution in [0.2, 0.25) is 0 Å². The standard InChI is InChI=1S/C12H15NO/c1-2-6-12-9-5-4-8(7-9)11(12)14-13-10(12)3-1/h4-5,8-9,11H,1-3,6-7H2. The molecule has 4 unspecified atom stereocenters. The van der Waals surface area contributed by atoms with Gasteiger partial charge in [-0.1, -0.05) is 23.7 Å². The summed E-state index contributed by atoms with van der Waals surface area (Å²) >= 11 is 0. The van der Waals surface area contributed by atoms with Gasteiger partial charge in [0, 0.05) is 5.92 Å². The molecule has 1 heterocycles. The zero-order valence-electron chi connectivity index (χ0n) is 8.28. The molecule has 14 heavy (non-hydrogen) atoms. The number of hydrogen-bond acceptors (Lipinski definition) is 2. The van der Waals surface area contributed by atoms with Gasteiger partial charge in [-0.05, 0) is 31.6 Å². The molecule has 1 spiro atoms. The molecule has 2 bridgehead atoms. The first-order valence-corrected chi connectivity index (χ1v) is 5.83. The minimum Gasteiger partial charge on any atom is -0.391 e. The summed E-state index contributed by atoms with van der Waals surface area (Å²) in [5.41, 5.74) is 1.75. The van der Waals surface area contributed by atoms with Crippen molar-refractivity contribution < 1.29 is 4.84 Å². The topological polar surface area (TPSA) is 21.6 Å². The van der Waals surface area contributed by atoms with Crippen molar-refractivity contribution in [3.05, 3.63) is 12.2 Å². The number of oxime groups is 1. The summed E-state index contributed by atoms with van der Waals surface area (Å²) in [4.78, 5) is 5.69. The Morgan fingerprint density at radius 2 is 2.36 bits per heavy atom. The van der Waals surface area contributed by atoms with E-state index < -0.39 is 0 Å². The third-order valence-electron chi connectivity index (χ3n) is 4.74. The summed E-state index contributed by atoms with van der Waals surface area (Å²) in [6, 6.07) is 0. The zero-order valence-corrected chi connectivity index (χ0v) is 8.28. The molecule has 0 amide bonds. The van der Waals surface area contributed by atoms with Crippen molar-refractivity contribution in [1.82, 2.24) is 0 Å². The number of nitrogens with zero attached hydrogens (tertiary/aromatic N) is 1. The number of allylic oxidation sites excluding steroid dienone is 1. The van der Waals surface area contributed by atoms with Crippen LogP contribution in [0.25, 0.3) is 0 Å². The third-order valence-corrected chi connectivity index (χ3v) is 4.74. The lowest BCUT2D eigenvalue weighted by molar-refractivity contribution is 0.0104. The van der Waals surface area contributed by atoms with E-state index in [1.807, 2.05) is 0 Å². The van der Waals surface area contributed by atoms with Crippen LogP contribution in [0, 0.1) is 17.3 Å². The van der Waals surface area contributed by atoms with E-state index in [2.05, 4.69) is 17.3 Å². The molecule has 4 atom stereocenters. The fourth-order valence-corrected chi connectivity index (χ4v) is 4.14. The molecule has 4 aliphatic rings. The average Bonchev–Trinajstić information content (AvgIpc) is 2.87. The molecule has 4 rings (SSSR count). The number of rotatable bonds is 0. The molecule has 2 fully saturated rings. The zero-order chi connectivity index (χ0) is 9.17. The van der Waals surface area contributed by atoms with Crippen molar-refractivity contribution in [3.63, 3.8) is 0 Å². The average molecular weight is 189 g/mol. The lowest BCUT2D eigenvalue weighted by atomic mass is 9.64. The molecule has 1 aliphatic heterocycles. The summed E-state index contributed by atoms with van der Waals surface area (Å²) in [5, 5.41) is 4.35. The van der Waals surface area contributed by atoms with Crippen LogP contribution in [0.1, 0.15) is 32.1 Å². The fraction of sp³-hybridized carbons (Fsp3) is 0.750. The quantitative estimate of drug-likeness (QED) is 0.536. The molecule has 3 aliphatic carbocycles. The Hall–Kier alpha value is -0.790. The maximum Gasteiger partial charge on any atom is 0.145 e. The molecule has 74 valence electrons. The smallest absolute Gasteiger partial charge is 0.145 e. The van der Waals surface area contributed by atoms with Crippen LogP contribution in [0.4, 0.5) is 0 Å². The molecular formula is C12H15NO. The first-order valence-electron chi connectivity index (χ1n) is 5.83. The molecular weight excluding hydrogens is 174 g/mol. The van der Waals surface area contributed by atoms with E-state index >= 15 is 0 Å². The molecule has 0 aromatic rings. The Kier molecular flexibility index (Phi) is 1.20. The first-order chi connectivity index (χ1) is 6.91. The maximum absolute atomic E-state index is 5.69. The number of hydrogen-bond donors (Lipinski definition) is 0. The van der Waals surface area contributed by atoms with Gasteiger partial charge in [0.25, 0.3) is 0 Å². The van der Waals surface area contributed by atoms with Crippen molar-refractivity contribution in [3.8, 4) is 0 Å². The maximum atomic E-state index is 5.69. The first kappa shape index (κ1) is 7.49. The van der Waals surface area contributed by atoms with Crippen molar-refractivity contribution in [2.75, 3.05) is 0 Å². The lowest BCUT2D eigenvalue weighted by Gasteiger charge is -2.38. The molecule has 0 saturated heterocycles. The second-order valence-corrected chi connectivity index (χ2v) is 5.20. The Labute approximate surface area is 84.0 Å². The molecule has 2 heteroatoms. The predicted octanol–water partition coefficient (Wildman–Crippen LogP) is 2.51. The van der Waals surface area contributed by atoms with E-state index in [1.165, 1.54) is 37.8 Å². The van der Waals surface area contributed by atoms with Crippen LogP contribution in [0.3, 0.4) is 0 Å². The van der Waals surface area contributed by atoms with Crippen molar-refractivity contribution in [2.45, 2.75) is 38.2 Å². The minimum absolute atomic E-state index is 0.359. The second-order valence-electron chi connectivity index (χ2n) is 5.20. The van der Waals surface area contributed by atoms with Gasteiger partial charge in [-0.3, -0.25) is 0 Å². The van der Waals surface area contributed by atoms with Gasteiger partial charge in [0.1, 0.15) is 6.10 Å². The van der Waals surface area contributed by atoms with E-state index in [4.69, 9.17) is 4.84 Å². The summed E-state index contributed by atoms with van der Waals surface area (Å²) in [6.07, 6.45) is 11.7. The van der Waals surface area contributed by atoms with Gasteiger partial charge in [-0.2, -0.15) is 0 Å². The summed E-state index contributed by atoms with van der Waals surface area (Å²) in [6.45, 7) is 0.